The van der Waals surface area contributed by atoms with Gasteiger partial charge in [-0.05, 0) is 37.2 Å². The third kappa shape index (κ3) is 3.96. The van der Waals surface area contributed by atoms with Crippen LogP contribution in [0.25, 0.3) is 0 Å². The van der Waals surface area contributed by atoms with Crippen molar-refractivity contribution in [3.8, 4) is 5.75 Å². The zero-order valence-electron chi connectivity index (χ0n) is 12.1. The van der Waals surface area contributed by atoms with Gasteiger partial charge in [-0.2, -0.15) is 0 Å². The number of hydrogen-bond acceptors (Lipinski definition) is 3. The lowest BCUT2D eigenvalue weighted by Crippen LogP contribution is -2.30. The number of hydrogen-bond donors (Lipinski definition) is 1. The molecule has 0 amide bonds. The fourth-order valence-electron chi connectivity index (χ4n) is 2.40. The lowest BCUT2D eigenvalue weighted by Gasteiger charge is -2.29. The van der Waals surface area contributed by atoms with Crippen molar-refractivity contribution < 1.29 is 14.6 Å². The van der Waals surface area contributed by atoms with Crippen LogP contribution in [0.4, 0.5) is 0 Å². The molecule has 4 heteroatoms. The van der Waals surface area contributed by atoms with E-state index in [4.69, 9.17) is 9.84 Å². The molecule has 0 aromatic heterocycles. The first-order chi connectivity index (χ1) is 9.03. The average Bonchev–Trinajstić information content (AvgIpc) is 2.38. The minimum Gasteiger partial charge on any atom is -0.496 e. The van der Waals surface area contributed by atoms with Crippen LogP contribution < -0.4 is 4.74 Å². The van der Waals surface area contributed by atoms with Crippen molar-refractivity contribution in [1.29, 1.82) is 0 Å². The van der Waals surface area contributed by atoms with Gasteiger partial charge in [0.1, 0.15) is 5.75 Å². The number of rotatable bonds is 7. The molecule has 0 saturated heterocycles. The Morgan fingerprint density at radius 3 is 2.42 bits per heavy atom. The Balaban J connectivity index is 3.09. The highest BCUT2D eigenvalue weighted by atomic mass is 16.5. The first kappa shape index (κ1) is 15.5. The van der Waals surface area contributed by atoms with E-state index >= 15 is 0 Å². The van der Waals surface area contributed by atoms with E-state index in [9.17, 15) is 4.79 Å². The molecule has 0 radical (unpaired) electrons. The number of ether oxygens (including phenoxy) is 1. The van der Waals surface area contributed by atoms with E-state index in [1.54, 1.807) is 7.11 Å². The van der Waals surface area contributed by atoms with Crippen LogP contribution in [0.2, 0.25) is 0 Å². The fourth-order valence-corrected chi connectivity index (χ4v) is 2.40. The maximum atomic E-state index is 11.1. The summed E-state index contributed by atoms with van der Waals surface area (Å²) in [6.45, 7) is 7.74. The van der Waals surface area contributed by atoms with Crippen LogP contribution in [0, 0.1) is 6.92 Å². The molecule has 0 spiro atoms. The SMILES string of the molecule is CCN(CC)C(CC(=O)O)c1ccc(OC)c(C)c1. The van der Waals surface area contributed by atoms with Crippen molar-refractivity contribution in [3.63, 3.8) is 0 Å². The Kier molecular flexibility index (Phi) is 5.83. The molecule has 106 valence electrons. The van der Waals surface area contributed by atoms with Gasteiger partial charge in [-0.15, -0.1) is 0 Å². The summed E-state index contributed by atoms with van der Waals surface area (Å²) in [5, 5.41) is 9.10. The van der Waals surface area contributed by atoms with Gasteiger partial charge in [-0.1, -0.05) is 26.0 Å². The molecule has 1 atom stereocenters. The zero-order valence-corrected chi connectivity index (χ0v) is 12.1. The van der Waals surface area contributed by atoms with Crippen LogP contribution in [0.3, 0.4) is 0 Å². The summed E-state index contributed by atoms with van der Waals surface area (Å²) in [7, 11) is 1.64. The van der Waals surface area contributed by atoms with Gasteiger partial charge in [0.2, 0.25) is 0 Å². The number of nitrogens with zero attached hydrogens (tertiary/aromatic N) is 1. The second-order valence-electron chi connectivity index (χ2n) is 4.56. The molecule has 1 aromatic rings. The molecule has 0 aliphatic heterocycles. The highest BCUT2D eigenvalue weighted by Gasteiger charge is 2.21. The molecule has 1 unspecified atom stereocenters. The monoisotopic (exact) mass is 265 g/mol. The van der Waals surface area contributed by atoms with Gasteiger partial charge >= 0.3 is 5.97 Å². The molecular formula is C15H23NO3. The molecule has 19 heavy (non-hydrogen) atoms. The van der Waals surface area contributed by atoms with Gasteiger partial charge in [0.25, 0.3) is 0 Å². The Labute approximate surface area is 115 Å². The number of aliphatic carboxylic acids is 1. The number of benzene rings is 1. The molecule has 0 saturated carbocycles. The summed E-state index contributed by atoms with van der Waals surface area (Å²) in [5.74, 6) is 0.0581. The average molecular weight is 265 g/mol. The van der Waals surface area contributed by atoms with Crippen LogP contribution in [0.1, 0.15) is 37.4 Å². The molecule has 1 rings (SSSR count). The largest absolute Gasteiger partial charge is 0.496 e. The highest BCUT2D eigenvalue weighted by Crippen LogP contribution is 2.28. The number of methoxy groups -OCH3 is 1. The highest BCUT2D eigenvalue weighted by molar-refractivity contribution is 5.68. The fraction of sp³-hybridized carbons (Fsp3) is 0.533. The summed E-state index contributed by atoms with van der Waals surface area (Å²) < 4.78 is 5.24. The number of carbonyl (C=O) groups is 1. The summed E-state index contributed by atoms with van der Waals surface area (Å²) in [6, 6.07) is 5.79. The van der Waals surface area contributed by atoms with E-state index in [1.165, 1.54) is 0 Å². The Bertz CT molecular complexity index is 427. The molecule has 0 aliphatic carbocycles. The minimum absolute atomic E-state index is 0.0860. The Hall–Kier alpha value is -1.55. The van der Waals surface area contributed by atoms with Crippen LogP contribution in [-0.4, -0.2) is 36.2 Å². The van der Waals surface area contributed by atoms with E-state index in [1.807, 2.05) is 25.1 Å². The van der Waals surface area contributed by atoms with Crippen LogP contribution >= 0.6 is 0 Å². The minimum atomic E-state index is -0.773. The Morgan fingerprint density at radius 2 is 2.00 bits per heavy atom. The van der Waals surface area contributed by atoms with Gasteiger partial charge in [-0.3, -0.25) is 9.69 Å². The van der Waals surface area contributed by atoms with Gasteiger partial charge in [-0.25, -0.2) is 0 Å². The quantitative estimate of drug-likeness (QED) is 0.823. The van der Waals surface area contributed by atoms with Crippen molar-refractivity contribution >= 4 is 5.97 Å². The Morgan fingerprint density at radius 1 is 1.37 bits per heavy atom. The van der Waals surface area contributed by atoms with E-state index in [0.717, 1.165) is 30.0 Å². The predicted molar refractivity (Wildman–Crippen MR) is 75.6 cm³/mol. The van der Waals surface area contributed by atoms with Crippen LogP contribution in [-0.2, 0) is 4.79 Å². The van der Waals surface area contributed by atoms with E-state index < -0.39 is 5.97 Å². The summed E-state index contributed by atoms with van der Waals surface area (Å²) in [6.07, 6.45) is 0.119. The summed E-state index contributed by atoms with van der Waals surface area (Å²) in [4.78, 5) is 13.2. The number of carboxylic acid groups (broad SMARTS) is 1. The third-order valence-electron chi connectivity index (χ3n) is 3.42. The zero-order chi connectivity index (χ0) is 14.4. The molecule has 4 nitrogen and oxygen atoms in total. The topological polar surface area (TPSA) is 49.8 Å². The second-order valence-corrected chi connectivity index (χ2v) is 4.56. The molecule has 1 aromatic carbocycles. The molecule has 1 N–H and O–H groups in total. The van der Waals surface area contributed by atoms with Gasteiger partial charge in [0.05, 0.1) is 13.5 Å². The van der Waals surface area contributed by atoms with Crippen molar-refractivity contribution in [2.45, 2.75) is 33.2 Å². The van der Waals surface area contributed by atoms with Gasteiger partial charge in [0.15, 0.2) is 0 Å². The van der Waals surface area contributed by atoms with Gasteiger partial charge in [0, 0.05) is 6.04 Å². The van der Waals surface area contributed by atoms with E-state index in [2.05, 4.69) is 18.7 Å². The van der Waals surface area contributed by atoms with Crippen molar-refractivity contribution in [2.24, 2.45) is 0 Å². The lowest BCUT2D eigenvalue weighted by molar-refractivity contribution is -0.138. The second kappa shape index (κ2) is 7.14. The van der Waals surface area contributed by atoms with Crippen LogP contribution in [0.15, 0.2) is 18.2 Å². The molecule has 0 bridgehead atoms. The van der Waals surface area contributed by atoms with Gasteiger partial charge < -0.3 is 9.84 Å². The van der Waals surface area contributed by atoms with Crippen molar-refractivity contribution in [2.75, 3.05) is 20.2 Å². The molecular weight excluding hydrogens is 242 g/mol. The predicted octanol–water partition coefficient (Wildman–Crippen LogP) is 2.86. The standard InChI is InChI=1S/C15H23NO3/c1-5-16(6-2)13(10-15(17)18)12-7-8-14(19-4)11(3)9-12/h7-9,13H,5-6,10H2,1-4H3,(H,17,18). The van der Waals surface area contributed by atoms with E-state index in [0.29, 0.717) is 0 Å². The van der Waals surface area contributed by atoms with Crippen molar-refractivity contribution in [1.82, 2.24) is 4.90 Å². The smallest absolute Gasteiger partial charge is 0.305 e. The maximum absolute atomic E-state index is 11.1. The van der Waals surface area contributed by atoms with Crippen LogP contribution in [0.5, 0.6) is 5.75 Å². The molecule has 0 heterocycles. The van der Waals surface area contributed by atoms with Crippen molar-refractivity contribution in [3.05, 3.63) is 29.3 Å². The molecule has 0 aliphatic rings. The third-order valence-corrected chi connectivity index (χ3v) is 3.42. The number of carboxylic acids is 1. The lowest BCUT2D eigenvalue weighted by atomic mass is 9.99. The summed E-state index contributed by atoms with van der Waals surface area (Å²) >= 11 is 0. The number of aryl methyl sites for hydroxylation is 1. The first-order valence-corrected chi connectivity index (χ1v) is 6.63. The van der Waals surface area contributed by atoms with E-state index in [-0.39, 0.29) is 12.5 Å². The molecule has 0 fully saturated rings. The maximum Gasteiger partial charge on any atom is 0.305 e. The summed E-state index contributed by atoms with van der Waals surface area (Å²) in [5.41, 5.74) is 2.06. The normalized spacial score (nSPS) is 12.5. The first-order valence-electron chi connectivity index (χ1n) is 6.63.